The summed E-state index contributed by atoms with van der Waals surface area (Å²) in [6.45, 7) is 3.08. The molecule has 1 heterocycles. The van der Waals surface area contributed by atoms with Crippen LogP contribution in [0.4, 0.5) is 0 Å². The minimum absolute atomic E-state index is 0.265. The zero-order chi connectivity index (χ0) is 6.69. The lowest BCUT2D eigenvalue weighted by atomic mass is 10.4. The van der Waals surface area contributed by atoms with E-state index in [9.17, 15) is 0 Å². The Morgan fingerprint density at radius 3 is 3.11 bits per heavy atom. The molecule has 0 aliphatic carbocycles. The Morgan fingerprint density at radius 1 is 2.00 bits per heavy atom. The van der Waals surface area contributed by atoms with Gasteiger partial charge in [-0.3, -0.25) is 0 Å². The Hall–Kier alpha value is -0.590. The van der Waals surface area contributed by atoms with Gasteiger partial charge in [0.25, 0.3) is 0 Å². The van der Waals surface area contributed by atoms with Crippen LogP contribution in [0.2, 0.25) is 0 Å². The minimum atomic E-state index is -0.297. The first kappa shape index (κ1) is 6.53. The zero-order valence-electron chi connectivity index (χ0n) is 5.33. The maximum Gasteiger partial charge on any atom is 0.141 e. The molecule has 2 atom stereocenters. The van der Waals surface area contributed by atoms with Crippen LogP contribution >= 0.6 is 0 Å². The van der Waals surface area contributed by atoms with Gasteiger partial charge < -0.3 is 9.47 Å². The highest BCUT2D eigenvalue weighted by Gasteiger charge is 2.23. The Labute approximate surface area is 54.2 Å². The van der Waals surface area contributed by atoms with Gasteiger partial charge in [-0.15, -0.1) is 0 Å². The lowest BCUT2D eigenvalue weighted by Gasteiger charge is -2.00. The molecule has 0 aromatic carbocycles. The van der Waals surface area contributed by atoms with Crippen LogP contribution in [0.15, 0.2) is 0 Å². The van der Waals surface area contributed by atoms with E-state index in [4.69, 9.17) is 14.7 Å². The first-order valence-corrected chi connectivity index (χ1v) is 2.95. The molecule has 3 nitrogen and oxygen atoms in total. The number of hydrogen-bond donors (Lipinski definition) is 0. The van der Waals surface area contributed by atoms with Gasteiger partial charge in [0.05, 0.1) is 19.3 Å². The van der Waals surface area contributed by atoms with Gasteiger partial charge in [0.1, 0.15) is 12.2 Å². The number of epoxide rings is 1. The van der Waals surface area contributed by atoms with Crippen molar-refractivity contribution in [2.24, 2.45) is 0 Å². The van der Waals surface area contributed by atoms with Gasteiger partial charge in [0, 0.05) is 0 Å². The second-order valence-corrected chi connectivity index (χ2v) is 2.06. The van der Waals surface area contributed by atoms with E-state index >= 15 is 0 Å². The molecular weight excluding hydrogens is 118 g/mol. The van der Waals surface area contributed by atoms with Gasteiger partial charge >= 0.3 is 0 Å². The van der Waals surface area contributed by atoms with Crippen molar-refractivity contribution in [3.63, 3.8) is 0 Å². The summed E-state index contributed by atoms with van der Waals surface area (Å²) in [7, 11) is 0. The molecule has 1 aliphatic rings. The standard InChI is InChI=1S/C6H9NO2/c1-5(2-7)8-3-6-4-9-6/h5-6H,3-4H2,1H3. The summed E-state index contributed by atoms with van der Waals surface area (Å²) in [5, 5.41) is 8.25. The number of rotatable bonds is 3. The monoisotopic (exact) mass is 127 g/mol. The summed E-state index contributed by atoms with van der Waals surface area (Å²) < 4.78 is 9.90. The van der Waals surface area contributed by atoms with Gasteiger partial charge in [-0.25, -0.2) is 0 Å². The predicted molar refractivity (Wildman–Crippen MR) is 30.8 cm³/mol. The molecule has 1 aliphatic heterocycles. The Kier molecular flexibility index (Phi) is 2.04. The average molecular weight is 127 g/mol. The lowest BCUT2D eigenvalue weighted by Crippen LogP contribution is -2.09. The fraction of sp³-hybridized carbons (Fsp3) is 0.833. The highest BCUT2D eigenvalue weighted by molar-refractivity contribution is 4.80. The third-order valence-electron chi connectivity index (χ3n) is 1.12. The molecule has 1 saturated heterocycles. The Bertz CT molecular complexity index is 126. The molecular formula is C6H9NO2. The van der Waals surface area contributed by atoms with E-state index in [0.29, 0.717) is 6.61 Å². The molecule has 1 fully saturated rings. The highest BCUT2D eigenvalue weighted by atomic mass is 16.6. The van der Waals surface area contributed by atoms with Crippen LogP contribution in [0.3, 0.4) is 0 Å². The molecule has 2 unspecified atom stereocenters. The van der Waals surface area contributed by atoms with E-state index in [0.717, 1.165) is 6.61 Å². The molecule has 0 amide bonds. The number of ether oxygens (including phenoxy) is 2. The van der Waals surface area contributed by atoms with Crippen LogP contribution in [0.5, 0.6) is 0 Å². The summed E-state index contributed by atoms with van der Waals surface area (Å²) in [4.78, 5) is 0. The molecule has 3 heteroatoms. The van der Waals surface area contributed by atoms with Crippen LogP contribution in [-0.4, -0.2) is 25.4 Å². The van der Waals surface area contributed by atoms with E-state index < -0.39 is 0 Å². The molecule has 0 aromatic heterocycles. The maximum absolute atomic E-state index is 8.25. The van der Waals surface area contributed by atoms with Crippen molar-refractivity contribution in [3.8, 4) is 6.07 Å². The minimum Gasteiger partial charge on any atom is -0.371 e. The van der Waals surface area contributed by atoms with Gasteiger partial charge in [0.2, 0.25) is 0 Å². The van der Waals surface area contributed by atoms with Crippen molar-refractivity contribution in [2.75, 3.05) is 13.2 Å². The van der Waals surface area contributed by atoms with Gasteiger partial charge in [-0.05, 0) is 6.92 Å². The number of nitriles is 1. The zero-order valence-corrected chi connectivity index (χ0v) is 5.33. The Balaban J connectivity index is 1.97. The molecule has 1 rings (SSSR count). The summed E-state index contributed by atoms with van der Waals surface area (Å²) in [5.74, 6) is 0. The summed E-state index contributed by atoms with van der Waals surface area (Å²) in [6, 6.07) is 1.97. The van der Waals surface area contributed by atoms with Crippen LogP contribution in [0.25, 0.3) is 0 Å². The topological polar surface area (TPSA) is 45.5 Å². The van der Waals surface area contributed by atoms with Crippen molar-refractivity contribution in [2.45, 2.75) is 19.1 Å². The van der Waals surface area contributed by atoms with Gasteiger partial charge in [0.15, 0.2) is 0 Å². The molecule has 0 radical (unpaired) electrons. The Morgan fingerprint density at radius 2 is 2.67 bits per heavy atom. The number of hydrogen-bond acceptors (Lipinski definition) is 3. The summed E-state index contributed by atoms with van der Waals surface area (Å²) >= 11 is 0. The van der Waals surface area contributed by atoms with Crippen molar-refractivity contribution < 1.29 is 9.47 Å². The van der Waals surface area contributed by atoms with Crippen LogP contribution < -0.4 is 0 Å². The van der Waals surface area contributed by atoms with E-state index in [1.807, 2.05) is 6.07 Å². The van der Waals surface area contributed by atoms with Crippen LogP contribution in [0.1, 0.15) is 6.92 Å². The smallest absolute Gasteiger partial charge is 0.141 e. The average Bonchev–Trinajstić information content (AvgIpc) is 2.65. The molecule has 0 N–H and O–H groups in total. The first-order chi connectivity index (χ1) is 4.33. The third-order valence-corrected chi connectivity index (χ3v) is 1.12. The van der Waals surface area contributed by atoms with Gasteiger partial charge in [-0.1, -0.05) is 0 Å². The summed E-state index contributed by atoms with van der Waals surface area (Å²) in [5.41, 5.74) is 0. The van der Waals surface area contributed by atoms with E-state index in [-0.39, 0.29) is 12.2 Å². The van der Waals surface area contributed by atoms with Crippen LogP contribution in [-0.2, 0) is 9.47 Å². The number of nitrogens with zero attached hydrogens (tertiary/aromatic N) is 1. The van der Waals surface area contributed by atoms with Crippen molar-refractivity contribution in [3.05, 3.63) is 0 Å². The van der Waals surface area contributed by atoms with Crippen LogP contribution in [0, 0.1) is 11.3 Å². The van der Waals surface area contributed by atoms with E-state index in [1.54, 1.807) is 6.92 Å². The maximum atomic E-state index is 8.25. The largest absolute Gasteiger partial charge is 0.371 e. The lowest BCUT2D eigenvalue weighted by molar-refractivity contribution is 0.0874. The predicted octanol–water partition coefficient (Wildman–Crippen LogP) is 0.314. The summed E-state index contributed by atoms with van der Waals surface area (Å²) in [6.07, 6.45) is -0.0324. The molecule has 0 spiro atoms. The molecule has 0 saturated carbocycles. The molecule has 0 bridgehead atoms. The fourth-order valence-electron chi connectivity index (χ4n) is 0.453. The SMILES string of the molecule is CC(C#N)OCC1CO1. The first-order valence-electron chi connectivity index (χ1n) is 2.95. The third kappa shape index (κ3) is 2.45. The van der Waals surface area contributed by atoms with Crippen molar-refractivity contribution in [1.29, 1.82) is 5.26 Å². The second kappa shape index (κ2) is 2.81. The van der Waals surface area contributed by atoms with E-state index in [2.05, 4.69) is 0 Å². The molecule has 50 valence electrons. The fourth-order valence-corrected chi connectivity index (χ4v) is 0.453. The molecule has 0 aromatic rings. The van der Waals surface area contributed by atoms with Crippen molar-refractivity contribution in [1.82, 2.24) is 0 Å². The molecule has 9 heavy (non-hydrogen) atoms. The van der Waals surface area contributed by atoms with Crippen molar-refractivity contribution >= 4 is 0 Å². The quantitative estimate of drug-likeness (QED) is 0.513. The normalized spacial score (nSPS) is 26.9. The highest BCUT2D eigenvalue weighted by Crippen LogP contribution is 2.09. The van der Waals surface area contributed by atoms with Gasteiger partial charge in [-0.2, -0.15) is 5.26 Å². The van der Waals surface area contributed by atoms with E-state index in [1.165, 1.54) is 0 Å². The second-order valence-electron chi connectivity index (χ2n) is 2.06.